The lowest BCUT2D eigenvalue weighted by Gasteiger charge is -2.32. The highest BCUT2D eigenvalue weighted by Crippen LogP contribution is 2.35. The molecule has 0 saturated carbocycles. The standard InChI is InChI=1S/C27H27Cl4N3O4S/c1-17(2)32-27(36)18(3)33(15-19-12-13-20(28)14-23(19)30)25(35)16-34(24-11-7-10-22(29)26(24)31)39(37,38)21-8-5-4-6-9-21/h4-14,17-18H,15-16H2,1-3H3,(H,32,36)/t18-/m0/s1. The van der Waals surface area contributed by atoms with Gasteiger partial charge >= 0.3 is 0 Å². The molecule has 1 atom stereocenters. The van der Waals surface area contributed by atoms with E-state index in [9.17, 15) is 18.0 Å². The van der Waals surface area contributed by atoms with Crippen molar-refractivity contribution in [2.24, 2.45) is 0 Å². The second-order valence-corrected chi connectivity index (χ2v) is 12.5. The first-order valence-electron chi connectivity index (χ1n) is 11.9. The van der Waals surface area contributed by atoms with E-state index in [0.717, 1.165) is 4.31 Å². The second kappa shape index (κ2) is 13.2. The normalized spacial score (nSPS) is 12.2. The molecule has 0 saturated heterocycles. The number of halogens is 4. The van der Waals surface area contributed by atoms with E-state index >= 15 is 0 Å². The van der Waals surface area contributed by atoms with Crippen LogP contribution in [0.25, 0.3) is 0 Å². The maximum absolute atomic E-state index is 13.9. The van der Waals surface area contributed by atoms with E-state index in [1.165, 1.54) is 41.3 Å². The van der Waals surface area contributed by atoms with Crippen molar-refractivity contribution >= 4 is 73.9 Å². The predicted molar refractivity (Wildman–Crippen MR) is 157 cm³/mol. The molecule has 0 aliphatic carbocycles. The summed E-state index contributed by atoms with van der Waals surface area (Å²) >= 11 is 25.0. The molecule has 1 N–H and O–H groups in total. The molecule has 0 radical (unpaired) electrons. The van der Waals surface area contributed by atoms with E-state index in [0.29, 0.717) is 15.6 Å². The summed E-state index contributed by atoms with van der Waals surface area (Å²) in [4.78, 5) is 28.1. The van der Waals surface area contributed by atoms with Crippen molar-refractivity contribution in [3.05, 3.63) is 92.4 Å². The van der Waals surface area contributed by atoms with Crippen LogP contribution in [-0.4, -0.2) is 43.8 Å². The second-order valence-electron chi connectivity index (χ2n) is 8.99. The zero-order chi connectivity index (χ0) is 28.9. The Hall–Kier alpha value is -2.49. The quantitative estimate of drug-likeness (QED) is 0.279. The van der Waals surface area contributed by atoms with Gasteiger partial charge in [-0.25, -0.2) is 8.42 Å². The van der Waals surface area contributed by atoms with Gasteiger partial charge in [-0.3, -0.25) is 13.9 Å². The van der Waals surface area contributed by atoms with Gasteiger partial charge < -0.3 is 10.2 Å². The molecule has 0 fully saturated rings. The average Bonchev–Trinajstić information content (AvgIpc) is 2.88. The third kappa shape index (κ3) is 7.58. The van der Waals surface area contributed by atoms with Gasteiger partial charge in [-0.1, -0.05) is 76.7 Å². The molecule has 3 rings (SSSR count). The fourth-order valence-corrected chi connectivity index (χ4v) is 6.10. The molecular weight excluding hydrogens is 604 g/mol. The van der Waals surface area contributed by atoms with Gasteiger partial charge in [-0.05, 0) is 62.7 Å². The number of nitrogens with one attached hydrogen (secondary N) is 1. The SMILES string of the molecule is CC(C)NC(=O)[C@H](C)N(Cc1ccc(Cl)cc1Cl)C(=O)CN(c1cccc(Cl)c1Cl)S(=O)(=O)c1ccccc1. The van der Waals surface area contributed by atoms with Crippen LogP contribution in [0.15, 0.2) is 71.6 Å². The van der Waals surface area contributed by atoms with Gasteiger partial charge in [0.25, 0.3) is 10.0 Å². The maximum Gasteiger partial charge on any atom is 0.264 e. The molecule has 0 aliphatic heterocycles. The number of benzene rings is 3. The Kier molecular flexibility index (Phi) is 10.5. The van der Waals surface area contributed by atoms with Gasteiger partial charge in [0.2, 0.25) is 11.8 Å². The van der Waals surface area contributed by atoms with Crippen molar-refractivity contribution in [2.75, 3.05) is 10.8 Å². The fraction of sp³-hybridized carbons (Fsp3) is 0.259. The molecule has 3 aromatic rings. The molecule has 0 spiro atoms. The Bertz CT molecular complexity index is 1450. The maximum atomic E-state index is 13.9. The molecule has 0 aliphatic rings. The zero-order valence-electron chi connectivity index (χ0n) is 21.4. The van der Waals surface area contributed by atoms with Crippen LogP contribution in [0, 0.1) is 0 Å². The van der Waals surface area contributed by atoms with E-state index in [1.807, 2.05) is 0 Å². The van der Waals surface area contributed by atoms with Crippen molar-refractivity contribution < 1.29 is 18.0 Å². The zero-order valence-corrected chi connectivity index (χ0v) is 25.2. The van der Waals surface area contributed by atoms with Gasteiger partial charge in [0.15, 0.2) is 0 Å². The van der Waals surface area contributed by atoms with Crippen molar-refractivity contribution in [2.45, 2.75) is 44.3 Å². The molecule has 2 amide bonds. The lowest BCUT2D eigenvalue weighted by Crippen LogP contribution is -2.52. The predicted octanol–water partition coefficient (Wildman–Crippen LogP) is 6.44. The smallest absolute Gasteiger partial charge is 0.264 e. The number of rotatable bonds is 10. The summed E-state index contributed by atoms with van der Waals surface area (Å²) in [6, 6.07) is 15.8. The van der Waals surface area contributed by atoms with E-state index in [1.54, 1.807) is 51.1 Å². The fourth-order valence-electron chi connectivity index (χ4n) is 3.74. The van der Waals surface area contributed by atoms with Crippen molar-refractivity contribution in [1.82, 2.24) is 10.2 Å². The Morgan fingerprint density at radius 1 is 0.872 bits per heavy atom. The van der Waals surface area contributed by atoms with Gasteiger partial charge in [0.1, 0.15) is 12.6 Å². The molecule has 39 heavy (non-hydrogen) atoms. The summed E-state index contributed by atoms with van der Waals surface area (Å²) in [7, 11) is -4.27. The van der Waals surface area contributed by atoms with Gasteiger partial charge in [0.05, 0.1) is 20.6 Å². The van der Waals surface area contributed by atoms with Crippen LogP contribution < -0.4 is 9.62 Å². The monoisotopic (exact) mass is 629 g/mol. The lowest BCUT2D eigenvalue weighted by atomic mass is 10.1. The number of anilines is 1. The Morgan fingerprint density at radius 2 is 1.54 bits per heavy atom. The summed E-state index contributed by atoms with van der Waals surface area (Å²) < 4.78 is 28.5. The van der Waals surface area contributed by atoms with Crippen molar-refractivity contribution in [3.63, 3.8) is 0 Å². The molecule has 7 nitrogen and oxygen atoms in total. The van der Waals surface area contributed by atoms with Gasteiger partial charge in [-0.2, -0.15) is 0 Å². The van der Waals surface area contributed by atoms with Crippen molar-refractivity contribution in [3.8, 4) is 0 Å². The van der Waals surface area contributed by atoms with Crippen LogP contribution in [0.3, 0.4) is 0 Å². The summed E-state index contributed by atoms with van der Waals surface area (Å²) in [5.74, 6) is -1.08. The largest absolute Gasteiger partial charge is 0.352 e. The van der Waals surface area contributed by atoms with Crippen LogP contribution in [0.2, 0.25) is 20.1 Å². The number of carbonyl (C=O) groups is 2. The molecule has 0 aromatic heterocycles. The first-order chi connectivity index (χ1) is 18.3. The third-order valence-electron chi connectivity index (χ3n) is 5.76. The van der Waals surface area contributed by atoms with E-state index in [-0.39, 0.29) is 33.2 Å². The van der Waals surface area contributed by atoms with Gasteiger partial charge in [-0.15, -0.1) is 0 Å². The molecule has 12 heteroatoms. The van der Waals surface area contributed by atoms with Crippen LogP contribution in [0.5, 0.6) is 0 Å². The highest BCUT2D eigenvalue weighted by Gasteiger charge is 2.34. The summed E-state index contributed by atoms with van der Waals surface area (Å²) in [6.07, 6.45) is 0. The number of amides is 2. The number of hydrogen-bond donors (Lipinski definition) is 1. The van der Waals surface area contributed by atoms with E-state index < -0.39 is 34.4 Å². The number of carbonyl (C=O) groups excluding carboxylic acids is 2. The molecule has 0 heterocycles. The van der Waals surface area contributed by atoms with Crippen molar-refractivity contribution in [1.29, 1.82) is 0 Å². The van der Waals surface area contributed by atoms with Gasteiger partial charge in [0, 0.05) is 22.6 Å². The Balaban J connectivity index is 2.09. The van der Waals surface area contributed by atoms with Crippen LogP contribution in [0.1, 0.15) is 26.3 Å². The molecular formula is C27H27Cl4N3O4S. The Labute approximate surface area is 248 Å². The van der Waals surface area contributed by atoms with Crippen LogP contribution in [0.4, 0.5) is 5.69 Å². The molecule has 0 bridgehead atoms. The average molecular weight is 631 g/mol. The summed E-state index contributed by atoms with van der Waals surface area (Å²) in [5, 5.41) is 3.57. The molecule has 3 aromatic carbocycles. The highest BCUT2D eigenvalue weighted by atomic mass is 35.5. The topological polar surface area (TPSA) is 86.8 Å². The molecule has 0 unspecified atom stereocenters. The first-order valence-corrected chi connectivity index (χ1v) is 14.8. The lowest BCUT2D eigenvalue weighted by molar-refractivity contribution is -0.139. The minimum absolute atomic E-state index is 0.0186. The van der Waals surface area contributed by atoms with Crippen LogP contribution in [-0.2, 0) is 26.2 Å². The number of nitrogens with zero attached hydrogens (tertiary/aromatic N) is 2. The third-order valence-corrected chi connectivity index (χ3v) is 8.93. The van der Waals surface area contributed by atoms with E-state index in [2.05, 4.69) is 5.32 Å². The first kappa shape index (κ1) is 31.0. The van der Waals surface area contributed by atoms with Crippen LogP contribution >= 0.6 is 46.4 Å². The number of hydrogen-bond acceptors (Lipinski definition) is 4. The molecule has 208 valence electrons. The highest BCUT2D eigenvalue weighted by molar-refractivity contribution is 7.92. The number of sulfonamides is 1. The van der Waals surface area contributed by atoms with E-state index in [4.69, 9.17) is 46.4 Å². The Morgan fingerprint density at radius 3 is 2.15 bits per heavy atom. The minimum atomic E-state index is -4.27. The summed E-state index contributed by atoms with van der Waals surface area (Å²) in [6.45, 7) is 4.40. The summed E-state index contributed by atoms with van der Waals surface area (Å²) in [5.41, 5.74) is 0.544. The minimum Gasteiger partial charge on any atom is -0.352 e.